The molecule has 1 aromatic rings. The number of aliphatic carboxylic acids is 1. The Morgan fingerprint density at radius 1 is 0.889 bits per heavy atom. The van der Waals surface area contributed by atoms with E-state index < -0.39 is 47.9 Å². The van der Waals surface area contributed by atoms with Crippen LogP contribution in [-0.4, -0.2) is 65.5 Å². The molecule has 0 aliphatic carbocycles. The molecule has 200 valence electrons. The van der Waals surface area contributed by atoms with Gasteiger partial charge in [-0.25, -0.2) is 4.79 Å². The number of aliphatic imine (C=N–C) groups is 1. The van der Waals surface area contributed by atoms with Gasteiger partial charge < -0.3 is 38.3 Å². The minimum absolute atomic E-state index is 0.0668. The van der Waals surface area contributed by atoms with Crippen molar-refractivity contribution >= 4 is 29.7 Å². The number of carboxylic acids is 1. The molecule has 0 heterocycles. The summed E-state index contributed by atoms with van der Waals surface area (Å²) in [5, 5.41) is 17.4. The molecular weight excluding hydrogens is 466 g/mol. The second-order valence-corrected chi connectivity index (χ2v) is 9.08. The van der Waals surface area contributed by atoms with Crippen molar-refractivity contribution in [2.45, 2.75) is 70.6 Å². The largest absolute Gasteiger partial charge is 0.480 e. The summed E-state index contributed by atoms with van der Waals surface area (Å²) in [6.07, 6.45) is 0.857. The van der Waals surface area contributed by atoms with E-state index in [1.165, 1.54) is 6.92 Å². The van der Waals surface area contributed by atoms with E-state index in [0.717, 1.165) is 5.56 Å². The molecule has 1 rings (SSSR count). The van der Waals surface area contributed by atoms with E-state index in [-0.39, 0.29) is 31.3 Å². The molecule has 4 unspecified atom stereocenters. The summed E-state index contributed by atoms with van der Waals surface area (Å²) >= 11 is 0. The van der Waals surface area contributed by atoms with Gasteiger partial charge in [-0.15, -0.1) is 0 Å². The maximum absolute atomic E-state index is 13.2. The molecule has 0 aliphatic rings. The lowest BCUT2D eigenvalue weighted by Crippen LogP contribution is -2.57. The summed E-state index contributed by atoms with van der Waals surface area (Å²) in [7, 11) is 0. The molecule has 0 aromatic heterocycles. The van der Waals surface area contributed by atoms with Crippen LogP contribution in [0.15, 0.2) is 35.3 Å². The zero-order valence-electron chi connectivity index (χ0n) is 21.1. The average Bonchev–Trinajstić information content (AvgIpc) is 2.79. The molecule has 3 amide bonds. The second-order valence-electron chi connectivity index (χ2n) is 9.08. The summed E-state index contributed by atoms with van der Waals surface area (Å²) in [6.45, 7) is 5.51. The first kappa shape index (κ1) is 30.4. The van der Waals surface area contributed by atoms with Gasteiger partial charge in [-0.2, -0.15) is 0 Å². The third kappa shape index (κ3) is 11.6. The van der Waals surface area contributed by atoms with Gasteiger partial charge in [0.1, 0.15) is 18.1 Å². The van der Waals surface area contributed by atoms with Crippen LogP contribution in [0.25, 0.3) is 0 Å². The maximum Gasteiger partial charge on any atom is 0.326 e. The van der Waals surface area contributed by atoms with Crippen molar-refractivity contribution in [1.29, 1.82) is 0 Å². The predicted molar refractivity (Wildman–Crippen MR) is 137 cm³/mol. The highest BCUT2D eigenvalue weighted by Crippen LogP contribution is 2.09. The van der Waals surface area contributed by atoms with E-state index in [1.54, 1.807) is 24.3 Å². The molecule has 36 heavy (non-hydrogen) atoms. The molecule has 0 bridgehead atoms. The summed E-state index contributed by atoms with van der Waals surface area (Å²) in [5.74, 6) is -2.98. The van der Waals surface area contributed by atoms with E-state index in [0.29, 0.717) is 12.8 Å². The van der Waals surface area contributed by atoms with Crippen molar-refractivity contribution in [3.05, 3.63) is 35.9 Å². The lowest BCUT2D eigenvalue weighted by Gasteiger charge is -2.26. The number of carboxylic acid groups (broad SMARTS) is 1. The lowest BCUT2D eigenvalue weighted by atomic mass is 10.0. The minimum atomic E-state index is -1.22. The standard InChI is InChI=1S/C24H39N7O5/c1-14(2)12-18(30-20(32)15(3)25)21(33)31-19(13-16-8-5-4-6-9-16)22(34)29-17(23(35)36)10-7-11-28-24(26)27/h4-6,8-9,14-15,17-19H,7,10-13,25H2,1-3H3,(H,29,34)(H,30,32)(H,31,33)(H,35,36)(H4,26,27,28). The highest BCUT2D eigenvalue weighted by molar-refractivity contribution is 5.94. The van der Waals surface area contributed by atoms with Crippen LogP contribution in [0.1, 0.15) is 45.6 Å². The SMILES string of the molecule is CC(C)CC(NC(=O)C(C)N)C(=O)NC(Cc1ccccc1)C(=O)NC(CCCN=C(N)N)C(=O)O. The van der Waals surface area contributed by atoms with Crippen LogP contribution in [0.4, 0.5) is 0 Å². The number of amides is 3. The number of guanidine groups is 1. The van der Waals surface area contributed by atoms with Crippen molar-refractivity contribution in [2.75, 3.05) is 6.54 Å². The molecule has 0 saturated carbocycles. The van der Waals surface area contributed by atoms with Crippen molar-refractivity contribution in [1.82, 2.24) is 16.0 Å². The van der Waals surface area contributed by atoms with E-state index in [9.17, 15) is 24.3 Å². The highest BCUT2D eigenvalue weighted by atomic mass is 16.4. The first-order valence-electron chi connectivity index (χ1n) is 11.9. The number of carbonyl (C=O) groups excluding carboxylic acids is 3. The molecule has 0 radical (unpaired) electrons. The summed E-state index contributed by atoms with van der Waals surface area (Å²) in [6, 6.07) is 4.97. The minimum Gasteiger partial charge on any atom is -0.480 e. The number of nitrogens with one attached hydrogen (secondary N) is 3. The molecule has 0 fully saturated rings. The number of carbonyl (C=O) groups is 4. The van der Waals surface area contributed by atoms with Gasteiger partial charge in [-0.1, -0.05) is 44.2 Å². The quantitative estimate of drug-likeness (QED) is 0.0908. The van der Waals surface area contributed by atoms with Crippen LogP contribution in [0.3, 0.4) is 0 Å². The van der Waals surface area contributed by atoms with Crippen LogP contribution < -0.4 is 33.2 Å². The fraction of sp³-hybridized carbons (Fsp3) is 0.542. The van der Waals surface area contributed by atoms with E-state index in [2.05, 4.69) is 20.9 Å². The van der Waals surface area contributed by atoms with Crippen molar-refractivity contribution in [2.24, 2.45) is 28.1 Å². The fourth-order valence-corrected chi connectivity index (χ4v) is 3.37. The first-order chi connectivity index (χ1) is 16.9. The van der Waals surface area contributed by atoms with Gasteiger partial charge in [-0.3, -0.25) is 19.4 Å². The number of benzene rings is 1. The van der Waals surface area contributed by atoms with Crippen LogP contribution in [0.2, 0.25) is 0 Å². The Morgan fingerprint density at radius 3 is 1.97 bits per heavy atom. The first-order valence-corrected chi connectivity index (χ1v) is 11.9. The van der Waals surface area contributed by atoms with Gasteiger partial charge in [0, 0.05) is 13.0 Å². The van der Waals surface area contributed by atoms with Crippen LogP contribution in [0.5, 0.6) is 0 Å². The topological polar surface area (TPSA) is 215 Å². The van der Waals surface area contributed by atoms with E-state index >= 15 is 0 Å². The van der Waals surface area contributed by atoms with Gasteiger partial charge in [0.05, 0.1) is 6.04 Å². The number of hydrogen-bond acceptors (Lipinski definition) is 6. The van der Waals surface area contributed by atoms with Crippen molar-refractivity contribution in [3.63, 3.8) is 0 Å². The summed E-state index contributed by atoms with van der Waals surface area (Å²) in [4.78, 5) is 54.0. The smallest absolute Gasteiger partial charge is 0.326 e. The van der Waals surface area contributed by atoms with Crippen LogP contribution >= 0.6 is 0 Å². The van der Waals surface area contributed by atoms with Crippen LogP contribution in [0, 0.1) is 5.92 Å². The maximum atomic E-state index is 13.2. The Morgan fingerprint density at radius 2 is 1.44 bits per heavy atom. The second kappa shape index (κ2) is 15.4. The average molecular weight is 506 g/mol. The number of nitrogens with two attached hydrogens (primary N) is 3. The lowest BCUT2D eigenvalue weighted by molar-refractivity contribution is -0.142. The zero-order chi connectivity index (χ0) is 27.3. The zero-order valence-corrected chi connectivity index (χ0v) is 21.1. The Bertz CT molecular complexity index is 901. The summed E-state index contributed by atoms with van der Waals surface area (Å²) < 4.78 is 0. The molecule has 0 saturated heterocycles. The molecule has 0 spiro atoms. The molecule has 10 N–H and O–H groups in total. The number of nitrogens with zero attached hydrogens (tertiary/aromatic N) is 1. The van der Waals surface area contributed by atoms with Gasteiger partial charge in [0.25, 0.3) is 0 Å². The fourth-order valence-electron chi connectivity index (χ4n) is 3.37. The number of rotatable bonds is 15. The van der Waals surface area contributed by atoms with Gasteiger partial charge in [-0.05, 0) is 37.7 Å². The Kier molecular flexibility index (Phi) is 12.9. The van der Waals surface area contributed by atoms with Crippen LogP contribution in [-0.2, 0) is 25.6 Å². The molecule has 1 aromatic carbocycles. The molecule has 12 heteroatoms. The van der Waals surface area contributed by atoms with Crippen molar-refractivity contribution in [3.8, 4) is 0 Å². The van der Waals surface area contributed by atoms with E-state index in [4.69, 9.17) is 17.2 Å². The molecular formula is C24H39N7O5. The normalized spacial score (nSPS) is 14.1. The molecule has 12 nitrogen and oxygen atoms in total. The van der Waals surface area contributed by atoms with Gasteiger partial charge >= 0.3 is 5.97 Å². The van der Waals surface area contributed by atoms with Crippen molar-refractivity contribution < 1.29 is 24.3 Å². The predicted octanol–water partition coefficient (Wildman–Crippen LogP) is -0.785. The Balaban J connectivity index is 3.06. The monoisotopic (exact) mass is 505 g/mol. The van der Waals surface area contributed by atoms with E-state index in [1.807, 2.05) is 19.9 Å². The molecule has 4 atom stereocenters. The third-order valence-corrected chi connectivity index (χ3v) is 5.23. The van der Waals surface area contributed by atoms with Gasteiger partial charge in [0.15, 0.2) is 5.96 Å². The Labute approximate surface area is 211 Å². The molecule has 0 aliphatic heterocycles. The van der Waals surface area contributed by atoms with Gasteiger partial charge in [0.2, 0.25) is 17.7 Å². The third-order valence-electron chi connectivity index (χ3n) is 5.23. The highest BCUT2D eigenvalue weighted by Gasteiger charge is 2.30. The summed E-state index contributed by atoms with van der Waals surface area (Å²) in [5.41, 5.74) is 16.9. The Hall–Kier alpha value is -3.67. The number of hydrogen-bond donors (Lipinski definition) is 7.